The molecular formula is C16H22FNO. The molecule has 1 saturated heterocycles. The van der Waals surface area contributed by atoms with Crippen molar-refractivity contribution in [2.45, 2.75) is 33.1 Å². The van der Waals surface area contributed by atoms with E-state index < -0.39 is 0 Å². The molecule has 0 spiro atoms. The number of likely N-dealkylation sites (tertiary alicyclic amines) is 1. The maximum atomic E-state index is 13.5. The fourth-order valence-electron chi connectivity index (χ4n) is 2.73. The van der Waals surface area contributed by atoms with Gasteiger partial charge in [0.1, 0.15) is 5.82 Å². The van der Waals surface area contributed by atoms with Crippen molar-refractivity contribution in [1.82, 2.24) is 4.90 Å². The van der Waals surface area contributed by atoms with Crippen molar-refractivity contribution in [3.8, 4) is 0 Å². The molecule has 1 aromatic carbocycles. The minimum absolute atomic E-state index is 0.0484. The Morgan fingerprint density at radius 2 is 1.95 bits per heavy atom. The zero-order valence-electron chi connectivity index (χ0n) is 11.7. The molecule has 0 N–H and O–H groups in total. The van der Waals surface area contributed by atoms with Crippen LogP contribution in [0.25, 0.3) is 0 Å². The predicted octanol–water partition coefficient (Wildman–Crippen LogP) is 3.26. The lowest BCUT2D eigenvalue weighted by atomic mass is 9.86. The summed E-state index contributed by atoms with van der Waals surface area (Å²) in [6.07, 6.45) is 2.32. The second-order valence-electron chi connectivity index (χ2n) is 5.73. The van der Waals surface area contributed by atoms with Crippen molar-refractivity contribution in [3.63, 3.8) is 0 Å². The van der Waals surface area contributed by atoms with Gasteiger partial charge < -0.3 is 4.90 Å². The molecular weight excluding hydrogens is 241 g/mol. The van der Waals surface area contributed by atoms with Gasteiger partial charge in [0.05, 0.1) is 6.42 Å². The number of hydrogen-bond donors (Lipinski definition) is 0. The molecule has 1 aromatic rings. The molecule has 1 fully saturated rings. The van der Waals surface area contributed by atoms with Gasteiger partial charge in [0.25, 0.3) is 0 Å². The van der Waals surface area contributed by atoms with E-state index in [9.17, 15) is 9.18 Å². The topological polar surface area (TPSA) is 20.3 Å². The van der Waals surface area contributed by atoms with Gasteiger partial charge in [0.15, 0.2) is 0 Å². The lowest BCUT2D eigenvalue weighted by molar-refractivity contribution is -0.132. The summed E-state index contributed by atoms with van der Waals surface area (Å²) in [4.78, 5) is 14.0. The first-order chi connectivity index (χ1) is 9.08. The van der Waals surface area contributed by atoms with Crippen LogP contribution in [-0.2, 0) is 11.2 Å². The van der Waals surface area contributed by atoms with Crippen LogP contribution in [0.4, 0.5) is 4.39 Å². The zero-order chi connectivity index (χ0) is 13.8. The number of benzene rings is 1. The first-order valence-electron chi connectivity index (χ1n) is 7.09. The summed E-state index contributed by atoms with van der Waals surface area (Å²) in [6, 6.07) is 6.52. The van der Waals surface area contributed by atoms with Crippen molar-refractivity contribution in [2.24, 2.45) is 11.8 Å². The highest BCUT2D eigenvalue weighted by atomic mass is 19.1. The maximum absolute atomic E-state index is 13.5. The third-order valence-electron chi connectivity index (χ3n) is 4.13. The fourth-order valence-corrected chi connectivity index (χ4v) is 2.73. The Kier molecular flexibility index (Phi) is 4.56. The van der Waals surface area contributed by atoms with Crippen LogP contribution in [0.3, 0.4) is 0 Å². The number of nitrogens with zero attached hydrogens (tertiary/aromatic N) is 1. The molecule has 2 nitrogen and oxygen atoms in total. The van der Waals surface area contributed by atoms with E-state index in [-0.39, 0.29) is 18.1 Å². The molecule has 1 heterocycles. The number of piperidine rings is 1. The Morgan fingerprint density at radius 1 is 1.32 bits per heavy atom. The van der Waals surface area contributed by atoms with Gasteiger partial charge in [0, 0.05) is 13.1 Å². The monoisotopic (exact) mass is 263 g/mol. The summed E-state index contributed by atoms with van der Waals surface area (Å²) in [5, 5.41) is 0. The van der Waals surface area contributed by atoms with Gasteiger partial charge in [-0.05, 0) is 36.3 Å². The van der Waals surface area contributed by atoms with E-state index >= 15 is 0 Å². The van der Waals surface area contributed by atoms with Crippen molar-refractivity contribution < 1.29 is 9.18 Å². The number of amides is 1. The third-order valence-corrected chi connectivity index (χ3v) is 4.13. The molecule has 104 valence electrons. The van der Waals surface area contributed by atoms with Crippen LogP contribution in [0.15, 0.2) is 24.3 Å². The summed E-state index contributed by atoms with van der Waals surface area (Å²) in [5.74, 6) is 1.17. The van der Waals surface area contributed by atoms with Gasteiger partial charge in [-0.3, -0.25) is 4.79 Å². The molecule has 3 heteroatoms. The van der Waals surface area contributed by atoms with E-state index in [2.05, 4.69) is 13.8 Å². The van der Waals surface area contributed by atoms with Gasteiger partial charge in [-0.2, -0.15) is 0 Å². The van der Waals surface area contributed by atoms with E-state index in [0.717, 1.165) is 31.8 Å². The highest BCUT2D eigenvalue weighted by Crippen LogP contribution is 2.24. The van der Waals surface area contributed by atoms with Gasteiger partial charge in [-0.1, -0.05) is 32.0 Å². The van der Waals surface area contributed by atoms with Gasteiger partial charge in [-0.15, -0.1) is 0 Å². The third kappa shape index (κ3) is 3.55. The number of carbonyl (C=O) groups excluding carboxylic acids is 1. The second kappa shape index (κ2) is 6.18. The minimum Gasteiger partial charge on any atom is -0.342 e. The second-order valence-corrected chi connectivity index (χ2v) is 5.73. The van der Waals surface area contributed by atoms with Crippen molar-refractivity contribution in [2.75, 3.05) is 13.1 Å². The Balaban J connectivity index is 1.90. The average molecular weight is 263 g/mol. The Bertz CT molecular complexity index is 436. The molecule has 2 rings (SSSR count). The summed E-state index contributed by atoms with van der Waals surface area (Å²) >= 11 is 0. The van der Waals surface area contributed by atoms with E-state index in [1.54, 1.807) is 18.2 Å². The number of halogens is 1. The number of hydrogen-bond acceptors (Lipinski definition) is 1. The van der Waals surface area contributed by atoms with Crippen molar-refractivity contribution in [3.05, 3.63) is 35.6 Å². The van der Waals surface area contributed by atoms with E-state index in [1.165, 1.54) is 6.07 Å². The molecule has 0 atom stereocenters. The molecule has 1 amide bonds. The van der Waals surface area contributed by atoms with Gasteiger partial charge in [0.2, 0.25) is 5.91 Å². The first kappa shape index (κ1) is 14.0. The predicted molar refractivity (Wildman–Crippen MR) is 74.2 cm³/mol. The summed E-state index contributed by atoms with van der Waals surface area (Å²) in [6.45, 7) is 6.11. The van der Waals surface area contributed by atoms with Crippen LogP contribution in [0.2, 0.25) is 0 Å². The Labute approximate surface area is 114 Å². The lowest BCUT2D eigenvalue weighted by Gasteiger charge is -2.34. The molecule has 0 radical (unpaired) electrons. The summed E-state index contributed by atoms with van der Waals surface area (Å²) < 4.78 is 13.5. The van der Waals surface area contributed by atoms with Crippen LogP contribution >= 0.6 is 0 Å². The SMILES string of the molecule is CC(C)C1CCN(C(=O)Cc2ccccc2F)CC1. The van der Waals surface area contributed by atoms with Crippen molar-refractivity contribution in [1.29, 1.82) is 0 Å². The zero-order valence-corrected chi connectivity index (χ0v) is 11.7. The van der Waals surface area contributed by atoms with Crippen LogP contribution in [0.1, 0.15) is 32.3 Å². The molecule has 19 heavy (non-hydrogen) atoms. The molecule has 0 saturated carbocycles. The summed E-state index contributed by atoms with van der Waals surface area (Å²) in [5.41, 5.74) is 0.499. The first-order valence-corrected chi connectivity index (χ1v) is 7.09. The number of carbonyl (C=O) groups is 1. The quantitative estimate of drug-likeness (QED) is 0.819. The molecule has 0 unspecified atom stereocenters. The van der Waals surface area contributed by atoms with Crippen LogP contribution in [0, 0.1) is 17.7 Å². The van der Waals surface area contributed by atoms with Crippen LogP contribution in [0.5, 0.6) is 0 Å². The van der Waals surface area contributed by atoms with E-state index in [1.807, 2.05) is 4.90 Å². The van der Waals surface area contributed by atoms with Crippen molar-refractivity contribution >= 4 is 5.91 Å². The van der Waals surface area contributed by atoms with Gasteiger partial charge >= 0.3 is 0 Å². The normalized spacial score (nSPS) is 16.9. The Morgan fingerprint density at radius 3 is 2.53 bits per heavy atom. The standard InChI is InChI=1S/C16H22FNO/c1-12(2)13-7-9-18(10-8-13)16(19)11-14-5-3-4-6-15(14)17/h3-6,12-13H,7-11H2,1-2H3. The maximum Gasteiger partial charge on any atom is 0.227 e. The number of rotatable bonds is 3. The fraction of sp³-hybridized carbons (Fsp3) is 0.562. The van der Waals surface area contributed by atoms with E-state index in [4.69, 9.17) is 0 Å². The molecule has 1 aliphatic heterocycles. The largest absolute Gasteiger partial charge is 0.342 e. The van der Waals surface area contributed by atoms with Gasteiger partial charge in [-0.25, -0.2) is 4.39 Å². The average Bonchev–Trinajstić information content (AvgIpc) is 2.41. The minimum atomic E-state index is -0.284. The molecule has 1 aliphatic rings. The Hall–Kier alpha value is -1.38. The molecule has 0 bridgehead atoms. The lowest BCUT2D eigenvalue weighted by Crippen LogP contribution is -2.40. The smallest absolute Gasteiger partial charge is 0.227 e. The highest BCUT2D eigenvalue weighted by Gasteiger charge is 2.24. The van der Waals surface area contributed by atoms with Crippen LogP contribution < -0.4 is 0 Å². The highest BCUT2D eigenvalue weighted by molar-refractivity contribution is 5.78. The van der Waals surface area contributed by atoms with Crippen LogP contribution in [-0.4, -0.2) is 23.9 Å². The summed E-state index contributed by atoms with van der Waals surface area (Å²) in [7, 11) is 0. The van der Waals surface area contributed by atoms with E-state index in [0.29, 0.717) is 11.5 Å². The molecule has 0 aliphatic carbocycles. The molecule has 0 aromatic heterocycles.